The van der Waals surface area contributed by atoms with Crippen molar-refractivity contribution in [1.29, 1.82) is 0 Å². The highest BCUT2D eigenvalue weighted by Gasteiger charge is 2.15. The summed E-state index contributed by atoms with van der Waals surface area (Å²) in [6.07, 6.45) is 3.15. The second-order valence-electron chi connectivity index (χ2n) is 4.50. The maximum absolute atomic E-state index is 13.0. The Bertz CT molecular complexity index is 431. The number of rotatable bonds is 4. The second kappa shape index (κ2) is 5.82. The van der Waals surface area contributed by atoms with Crippen molar-refractivity contribution < 1.29 is 14.3 Å². The lowest BCUT2D eigenvalue weighted by Crippen LogP contribution is -2.30. The number of hydrogen-bond acceptors (Lipinski definition) is 3. The topological polar surface area (TPSA) is 61.4 Å². The minimum atomic E-state index is -0.532. The van der Waals surface area contributed by atoms with E-state index < -0.39 is 11.7 Å². The van der Waals surface area contributed by atoms with Crippen LogP contribution in [0, 0.1) is 5.82 Å². The molecule has 1 aromatic rings. The Balaban J connectivity index is 1.85. The van der Waals surface area contributed by atoms with Gasteiger partial charge in [0.15, 0.2) is 0 Å². The van der Waals surface area contributed by atoms with Crippen LogP contribution in [0.15, 0.2) is 18.2 Å². The third-order valence-corrected chi connectivity index (χ3v) is 3.14. The molecule has 1 aromatic carbocycles. The molecular formula is C13H17FN2O2. The Morgan fingerprint density at radius 3 is 3.11 bits per heavy atom. The Labute approximate surface area is 105 Å². The quantitative estimate of drug-likeness (QED) is 0.759. The number of benzene rings is 1. The first-order valence-electron chi connectivity index (χ1n) is 6.17. The monoisotopic (exact) mass is 252 g/mol. The zero-order valence-electron chi connectivity index (χ0n) is 10.1. The molecule has 0 spiro atoms. The minimum absolute atomic E-state index is 0.0191. The lowest BCUT2D eigenvalue weighted by Gasteiger charge is -2.11. The van der Waals surface area contributed by atoms with Gasteiger partial charge in [-0.3, -0.25) is 4.79 Å². The predicted octanol–water partition coefficient (Wildman–Crippen LogP) is 1.40. The summed E-state index contributed by atoms with van der Waals surface area (Å²) in [6, 6.07) is 3.79. The summed E-state index contributed by atoms with van der Waals surface area (Å²) in [6.45, 7) is 1.55. The number of phenolic OH excluding ortho intramolecular Hbond substituents is 1. The van der Waals surface area contributed by atoms with Crippen molar-refractivity contribution >= 4 is 5.91 Å². The molecule has 3 N–H and O–H groups in total. The normalized spacial score (nSPS) is 18.8. The van der Waals surface area contributed by atoms with Gasteiger partial charge in [0.05, 0.1) is 5.56 Å². The van der Waals surface area contributed by atoms with Crippen LogP contribution >= 0.6 is 0 Å². The van der Waals surface area contributed by atoms with Gasteiger partial charge in [-0.2, -0.15) is 0 Å². The molecule has 1 aliphatic heterocycles. The summed E-state index contributed by atoms with van der Waals surface area (Å²) >= 11 is 0. The molecule has 0 radical (unpaired) electrons. The summed E-state index contributed by atoms with van der Waals surface area (Å²) in [7, 11) is 0. The molecule has 0 bridgehead atoms. The average molecular weight is 252 g/mol. The van der Waals surface area contributed by atoms with Gasteiger partial charge in [0, 0.05) is 12.6 Å². The number of hydrogen-bond donors (Lipinski definition) is 3. The number of halogens is 1. The zero-order chi connectivity index (χ0) is 13.0. The van der Waals surface area contributed by atoms with Crippen molar-refractivity contribution in [3.63, 3.8) is 0 Å². The third-order valence-electron chi connectivity index (χ3n) is 3.14. The van der Waals surface area contributed by atoms with E-state index >= 15 is 0 Å². The molecule has 2 rings (SSSR count). The van der Waals surface area contributed by atoms with Gasteiger partial charge in [0.25, 0.3) is 5.91 Å². The molecule has 1 aliphatic rings. The van der Waals surface area contributed by atoms with Crippen LogP contribution in [0.1, 0.15) is 29.6 Å². The van der Waals surface area contributed by atoms with E-state index in [1.54, 1.807) is 0 Å². The highest BCUT2D eigenvalue weighted by atomic mass is 19.1. The molecule has 18 heavy (non-hydrogen) atoms. The number of aromatic hydroxyl groups is 1. The molecule has 1 unspecified atom stereocenters. The van der Waals surface area contributed by atoms with Crippen molar-refractivity contribution in [3.05, 3.63) is 29.6 Å². The van der Waals surface area contributed by atoms with Crippen LogP contribution in [0.25, 0.3) is 0 Å². The van der Waals surface area contributed by atoms with E-state index in [1.165, 1.54) is 12.5 Å². The highest BCUT2D eigenvalue weighted by molar-refractivity contribution is 5.96. The van der Waals surface area contributed by atoms with Crippen molar-refractivity contribution in [2.75, 3.05) is 13.1 Å². The third kappa shape index (κ3) is 3.20. The smallest absolute Gasteiger partial charge is 0.255 e. The SMILES string of the molecule is O=C(NCCC1CCCN1)c1cc(F)ccc1O. The van der Waals surface area contributed by atoms with Gasteiger partial charge in [0.2, 0.25) is 0 Å². The van der Waals surface area contributed by atoms with Crippen LogP contribution in [0.2, 0.25) is 0 Å². The molecule has 1 fully saturated rings. The lowest BCUT2D eigenvalue weighted by atomic mass is 10.1. The maximum Gasteiger partial charge on any atom is 0.255 e. The van der Waals surface area contributed by atoms with Crippen LogP contribution in [-0.2, 0) is 0 Å². The molecule has 0 aliphatic carbocycles. The van der Waals surface area contributed by atoms with Gasteiger partial charge >= 0.3 is 0 Å². The van der Waals surface area contributed by atoms with Crippen molar-refractivity contribution in [2.45, 2.75) is 25.3 Å². The van der Waals surface area contributed by atoms with Crippen LogP contribution < -0.4 is 10.6 Å². The van der Waals surface area contributed by atoms with Crippen molar-refractivity contribution in [3.8, 4) is 5.75 Å². The zero-order valence-corrected chi connectivity index (χ0v) is 10.1. The molecule has 4 nitrogen and oxygen atoms in total. The number of phenols is 1. The molecule has 1 saturated heterocycles. The number of carbonyl (C=O) groups excluding carboxylic acids is 1. The largest absolute Gasteiger partial charge is 0.507 e. The van der Waals surface area contributed by atoms with Crippen LogP contribution in [0.4, 0.5) is 4.39 Å². The first-order chi connectivity index (χ1) is 8.66. The van der Waals surface area contributed by atoms with E-state index in [0.29, 0.717) is 12.6 Å². The summed E-state index contributed by atoms with van der Waals surface area (Å²) in [5.74, 6) is -1.17. The molecule has 98 valence electrons. The van der Waals surface area contributed by atoms with Gasteiger partial charge < -0.3 is 15.7 Å². The molecular weight excluding hydrogens is 235 g/mol. The van der Waals surface area contributed by atoms with E-state index in [-0.39, 0.29) is 11.3 Å². The fourth-order valence-electron chi connectivity index (χ4n) is 2.15. The fourth-order valence-corrected chi connectivity index (χ4v) is 2.15. The van der Waals surface area contributed by atoms with E-state index in [1.807, 2.05) is 0 Å². The van der Waals surface area contributed by atoms with E-state index in [4.69, 9.17) is 0 Å². The van der Waals surface area contributed by atoms with Gasteiger partial charge in [-0.1, -0.05) is 0 Å². The van der Waals surface area contributed by atoms with Gasteiger partial charge in [-0.15, -0.1) is 0 Å². The lowest BCUT2D eigenvalue weighted by molar-refractivity contribution is 0.0949. The van der Waals surface area contributed by atoms with Gasteiger partial charge in [-0.25, -0.2) is 4.39 Å². The molecule has 0 saturated carbocycles. The van der Waals surface area contributed by atoms with Crippen LogP contribution in [0.5, 0.6) is 5.75 Å². The van der Waals surface area contributed by atoms with E-state index in [9.17, 15) is 14.3 Å². The standard InChI is InChI=1S/C13H17FN2O2/c14-9-3-4-12(17)11(8-9)13(18)16-7-5-10-2-1-6-15-10/h3-4,8,10,15,17H,1-2,5-7H2,(H,16,18). The molecule has 0 aromatic heterocycles. The van der Waals surface area contributed by atoms with Crippen LogP contribution in [-0.4, -0.2) is 30.1 Å². The molecule has 1 heterocycles. The predicted molar refractivity (Wildman–Crippen MR) is 66.0 cm³/mol. The molecule has 1 amide bonds. The maximum atomic E-state index is 13.0. The van der Waals surface area contributed by atoms with Crippen molar-refractivity contribution in [2.24, 2.45) is 0 Å². The number of carbonyl (C=O) groups is 1. The Morgan fingerprint density at radius 2 is 2.39 bits per heavy atom. The number of amides is 1. The highest BCUT2D eigenvalue weighted by Crippen LogP contribution is 2.17. The Kier molecular flexibility index (Phi) is 4.15. The Hall–Kier alpha value is -1.62. The average Bonchev–Trinajstić information content (AvgIpc) is 2.85. The molecule has 1 atom stereocenters. The first kappa shape index (κ1) is 12.8. The fraction of sp³-hybridized carbons (Fsp3) is 0.462. The number of nitrogens with one attached hydrogen (secondary N) is 2. The van der Waals surface area contributed by atoms with Gasteiger partial charge in [-0.05, 0) is 44.0 Å². The molecule has 5 heteroatoms. The van der Waals surface area contributed by atoms with Gasteiger partial charge in [0.1, 0.15) is 11.6 Å². The van der Waals surface area contributed by atoms with Crippen LogP contribution in [0.3, 0.4) is 0 Å². The summed E-state index contributed by atoms with van der Waals surface area (Å²) in [4.78, 5) is 11.7. The van der Waals surface area contributed by atoms with E-state index in [0.717, 1.165) is 31.5 Å². The summed E-state index contributed by atoms with van der Waals surface area (Å²) < 4.78 is 13.0. The van der Waals surface area contributed by atoms with Crippen molar-refractivity contribution in [1.82, 2.24) is 10.6 Å². The summed E-state index contributed by atoms with van der Waals surface area (Å²) in [5.41, 5.74) is -0.0191. The minimum Gasteiger partial charge on any atom is -0.507 e. The Morgan fingerprint density at radius 1 is 1.56 bits per heavy atom. The van der Waals surface area contributed by atoms with E-state index in [2.05, 4.69) is 10.6 Å². The summed E-state index contributed by atoms with van der Waals surface area (Å²) in [5, 5.41) is 15.5. The first-order valence-corrected chi connectivity index (χ1v) is 6.17. The second-order valence-corrected chi connectivity index (χ2v) is 4.50.